The SMILES string of the molecule is COc1cccc(NC(=O)Cn2c(=O)n(CCCCC(=O)NCC(C)C)c(=O)c3ccccc32)c1. The van der Waals surface area contributed by atoms with Gasteiger partial charge >= 0.3 is 5.69 Å². The van der Waals surface area contributed by atoms with Crippen molar-refractivity contribution in [1.82, 2.24) is 14.5 Å². The van der Waals surface area contributed by atoms with Crippen LogP contribution in [0.4, 0.5) is 5.69 Å². The van der Waals surface area contributed by atoms with Crippen molar-refractivity contribution in [2.45, 2.75) is 46.2 Å². The van der Waals surface area contributed by atoms with Gasteiger partial charge in [-0.05, 0) is 43.0 Å². The quantitative estimate of drug-likeness (QED) is 0.410. The van der Waals surface area contributed by atoms with Gasteiger partial charge in [-0.25, -0.2) is 4.79 Å². The van der Waals surface area contributed by atoms with Crippen molar-refractivity contribution in [1.29, 1.82) is 0 Å². The van der Waals surface area contributed by atoms with E-state index in [0.29, 0.717) is 54.1 Å². The van der Waals surface area contributed by atoms with Crippen LogP contribution in [-0.2, 0) is 22.7 Å². The van der Waals surface area contributed by atoms with Crippen LogP contribution in [0.25, 0.3) is 10.9 Å². The lowest BCUT2D eigenvalue weighted by Crippen LogP contribution is -2.41. The highest BCUT2D eigenvalue weighted by molar-refractivity contribution is 5.91. The second-order valence-corrected chi connectivity index (χ2v) is 8.78. The number of ether oxygens (including phenoxy) is 1. The van der Waals surface area contributed by atoms with Gasteiger partial charge in [-0.1, -0.05) is 32.0 Å². The summed E-state index contributed by atoms with van der Waals surface area (Å²) in [6.07, 6.45) is 1.35. The Kier molecular flexibility index (Phi) is 8.83. The van der Waals surface area contributed by atoms with E-state index in [9.17, 15) is 19.2 Å². The summed E-state index contributed by atoms with van der Waals surface area (Å²) < 4.78 is 7.63. The zero-order valence-electron chi connectivity index (χ0n) is 20.4. The molecule has 2 amide bonds. The number of nitrogens with zero attached hydrogens (tertiary/aromatic N) is 2. The number of hydrogen-bond acceptors (Lipinski definition) is 5. The number of hydrogen-bond donors (Lipinski definition) is 2. The van der Waals surface area contributed by atoms with Gasteiger partial charge < -0.3 is 15.4 Å². The van der Waals surface area contributed by atoms with Crippen LogP contribution in [0.5, 0.6) is 5.75 Å². The van der Waals surface area contributed by atoms with E-state index in [1.807, 2.05) is 13.8 Å². The standard InChI is InChI=1S/C26H32N4O5/c1-18(2)16-27-23(31)13-6-7-14-29-25(33)21-11-4-5-12-22(21)30(26(29)34)17-24(32)28-19-9-8-10-20(15-19)35-3/h4-5,8-12,15,18H,6-7,13-14,16-17H2,1-3H3,(H,27,31)(H,28,32). The Hall–Kier alpha value is -3.88. The third-order valence-electron chi connectivity index (χ3n) is 5.53. The van der Waals surface area contributed by atoms with Crippen LogP contribution in [0.2, 0.25) is 0 Å². The summed E-state index contributed by atoms with van der Waals surface area (Å²) in [6, 6.07) is 13.6. The Balaban J connectivity index is 1.78. The number of rotatable bonds is 11. The van der Waals surface area contributed by atoms with E-state index in [-0.39, 0.29) is 19.0 Å². The zero-order chi connectivity index (χ0) is 25.4. The number of para-hydroxylation sites is 1. The fourth-order valence-electron chi connectivity index (χ4n) is 3.73. The van der Waals surface area contributed by atoms with Crippen molar-refractivity contribution in [3.05, 3.63) is 69.4 Å². The highest BCUT2D eigenvalue weighted by Crippen LogP contribution is 2.17. The van der Waals surface area contributed by atoms with Gasteiger partial charge in [0.15, 0.2) is 0 Å². The average molecular weight is 481 g/mol. The zero-order valence-corrected chi connectivity index (χ0v) is 20.4. The number of unbranched alkanes of at least 4 members (excludes halogenated alkanes) is 1. The van der Waals surface area contributed by atoms with E-state index in [1.165, 1.54) is 11.7 Å². The molecule has 0 radical (unpaired) electrons. The molecular weight excluding hydrogens is 448 g/mol. The van der Waals surface area contributed by atoms with Crippen molar-refractivity contribution < 1.29 is 14.3 Å². The van der Waals surface area contributed by atoms with E-state index < -0.39 is 17.2 Å². The van der Waals surface area contributed by atoms with Gasteiger partial charge in [0.2, 0.25) is 11.8 Å². The summed E-state index contributed by atoms with van der Waals surface area (Å²) in [7, 11) is 1.54. The maximum atomic E-state index is 13.2. The van der Waals surface area contributed by atoms with Crippen LogP contribution in [0.3, 0.4) is 0 Å². The molecule has 1 aromatic heterocycles. The number of methoxy groups -OCH3 is 1. The van der Waals surface area contributed by atoms with Crippen LogP contribution >= 0.6 is 0 Å². The van der Waals surface area contributed by atoms with E-state index in [2.05, 4.69) is 10.6 Å². The summed E-state index contributed by atoms with van der Waals surface area (Å²) in [6.45, 7) is 4.57. The Morgan fingerprint density at radius 2 is 1.74 bits per heavy atom. The summed E-state index contributed by atoms with van der Waals surface area (Å²) in [4.78, 5) is 51.0. The first kappa shape index (κ1) is 25.7. The molecule has 2 N–H and O–H groups in total. The van der Waals surface area contributed by atoms with Crippen molar-refractivity contribution in [2.75, 3.05) is 19.0 Å². The molecule has 9 heteroatoms. The molecule has 0 aliphatic carbocycles. The molecule has 0 aliphatic heterocycles. The second kappa shape index (κ2) is 12.0. The smallest absolute Gasteiger partial charge is 0.331 e. The minimum atomic E-state index is -0.557. The van der Waals surface area contributed by atoms with E-state index >= 15 is 0 Å². The minimum Gasteiger partial charge on any atom is -0.497 e. The monoisotopic (exact) mass is 480 g/mol. The number of anilines is 1. The molecule has 9 nitrogen and oxygen atoms in total. The lowest BCUT2D eigenvalue weighted by Gasteiger charge is -2.14. The van der Waals surface area contributed by atoms with Gasteiger partial charge in [-0.3, -0.25) is 23.5 Å². The molecule has 0 bridgehead atoms. The molecule has 0 aliphatic rings. The Labute approximate surface area is 203 Å². The topological polar surface area (TPSA) is 111 Å². The molecule has 0 saturated carbocycles. The van der Waals surface area contributed by atoms with Crippen molar-refractivity contribution in [3.8, 4) is 5.75 Å². The number of fused-ring (bicyclic) bond motifs is 1. The molecule has 0 atom stereocenters. The fourth-order valence-corrected chi connectivity index (χ4v) is 3.73. The predicted molar refractivity (Wildman–Crippen MR) is 136 cm³/mol. The van der Waals surface area contributed by atoms with Crippen molar-refractivity contribution in [3.63, 3.8) is 0 Å². The maximum absolute atomic E-state index is 13.2. The van der Waals surface area contributed by atoms with Crippen molar-refractivity contribution in [2.24, 2.45) is 5.92 Å². The fraction of sp³-hybridized carbons (Fsp3) is 0.385. The number of nitrogens with one attached hydrogen (secondary N) is 2. The van der Waals surface area contributed by atoms with Gasteiger partial charge in [-0.2, -0.15) is 0 Å². The van der Waals surface area contributed by atoms with Gasteiger partial charge in [0.25, 0.3) is 5.56 Å². The van der Waals surface area contributed by atoms with Crippen LogP contribution < -0.4 is 26.6 Å². The predicted octanol–water partition coefficient (Wildman–Crippen LogP) is 2.75. The van der Waals surface area contributed by atoms with Crippen LogP contribution in [0.1, 0.15) is 33.1 Å². The summed E-state index contributed by atoms with van der Waals surface area (Å²) in [5.74, 6) is 0.514. The molecule has 3 rings (SSSR count). The number of carbonyl (C=O) groups excluding carboxylic acids is 2. The molecule has 0 saturated heterocycles. The molecule has 186 valence electrons. The Morgan fingerprint density at radius 1 is 0.971 bits per heavy atom. The van der Waals surface area contributed by atoms with Crippen molar-refractivity contribution >= 4 is 28.4 Å². The summed E-state index contributed by atoms with van der Waals surface area (Å²) in [5, 5.41) is 5.98. The Bertz CT molecular complexity index is 1310. The largest absolute Gasteiger partial charge is 0.497 e. The van der Waals surface area contributed by atoms with Gasteiger partial charge in [-0.15, -0.1) is 0 Å². The molecular formula is C26H32N4O5. The number of amides is 2. The van der Waals surface area contributed by atoms with E-state index in [4.69, 9.17) is 4.74 Å². The van der Waals surface area contributed by atoms with Gasteiger partial charge in [0.05, 0.1) is 18.0 Å². The van der Waals surface area contributed by atoms with Gasteiger partial charge in [0.1, 0.15) is 12.3 Å². The van der Waals surface area contributed by atoms with Gasteiger partial charge in [0, 0.05) is 31.3 Å². The third kappa shape index (κ3) is 6.81. The Morgan fingerprint density at radius 3 is 2.49 bits per heavy atom. The number of aromatic nitrogens is 2. The molecule has 0 unspecified atom stereocenters. The second-order valence-electron chi connectivity index (χ2n) is 8.78. The third-order valence-corrected chi connectivity index (χ3v) is 5.53. The molecule has 3 aromatic rings. The highest BCUT2D eigenvalue weighted by atomic mass is 16.5. The lowest BCUT2D eigenvalue weighted by atomic mass is 10.2. The van der Waals surface area contributed by atoms with Crippen LogP contribution in [0, 0.1) is 5.92 Å². The minimum absolute atomic E-state index is 0.0452. The average Bonchev–Trinajstić information content (AvgIpc) is 2.84. The number of carbonyl (C=O) groups is 2. The molecule has 0 spiro atoms. The summed E-state index contributed by atoms with van der Waals surface area (Å²) >= 11 is 0. The van der Waals surface area contributed by atoms with E-state index in [0.717, 1.165) is 4.57 Å². The van der Waals surface area contributed by atoms with E-state index in [1.54, 1.807) is 48.5 Å². The lowest BCUT2D eigenvalue weighted by molar-refractivity contribution is -0.121. The molecule has 35 heavy (non-hydrogen) atoms. The highest BCUT2D eigenvalue weighted by Gasteiger charge is 2.15. The first-order valence-electron chi connectivity index (χ1n) is 11.7. The molecule has 1 heterocycles. The molecule has 0 fully saturated rings. The molecule has 2 aromatic carbocycles. The number of benzene rings is 2. The normalized spacial score (nSPS) is 11.0. The maximum Gasteiger partial charge on any atom is 0.331 e. The first-order valence-corrected chi connectivity index (χ1v) is 11.7. The van der Waals surface area contributed by atoms with Crippen LogP contribution in [0.15, 0.2) is 58.1 Å². The first-order chi connectivity index (χ1) is 16.8. The summed E-state index contributed by atoms with van der Waals surface area (Å²) in [5.41, 5.74) is -0.0264. The van der Waals surface area contributed by atoms with Crippen LogP contribution in [-0.4, -0.2) is 34.6 Å².